The zero-order chi connectivity index (χ0) is 13.8. The average molecular weight is 269 g/mol. The van der Waals surface area contributed by atoms with E-state index in [0.717, 1.165) is 12.4 Å². The van der Waals surface area contributed by atoms with Crippen molar-refractivity contribution in [3.63, 3.8) is 0 Å². The SMILES string of the molecule is CCNC1CCCCC1n1ccnc1-c1ccccc1. The van der Waals surface area contributed by atoms with Crippen LogP contribution in [0.5, 0.6) is 0 Å². The van der Waals surface area contributed by atoms with E-state index in [0.29, 0.717) is 12.1 Å². The van der Waals surface area contributed by atoms with Gasteiger partial charge in [-0.3, -0.25) is 0 Å². The first-order valence-electron chi connectivity index (χ1n) is 7.71. The fraction of sp³-hybridized carbons (Fsp3) is 0.471. The fourth-order valence-corrected chi connectivity index (χ4v) is 3.34. The van der Waals surface area contributed by atoms with Gasteiger partial charge in [0.1, 0.15) is 5.82 Å². The molecule has 0 radical (unpaired) electrons. The highest BCUT2D eigenvalue weighted by atomic mass is 15.1. The van der Waals surface area contributed by atoms with Crippen LogP contribution in [0.4, 0.5) is 0 Å². The Kier molecular flexibility index (Phi) is 4.16. The summed E-state index contributed by atoms with van der Waals surface area (Å²) >= 11 is 0. The van der Waals surface area contributed by atoms with Crippen LogP contribution in [0.25, 0.3) is 11.4 Å². The molecule has 3 rings (SSSR count). The summed E-state index contributed by atoms with van der Waals surface area (Å²) in [6.45, 7) is 3.23. The number of benzene rings is 1. The van der Waals surface area contributed by atoms with E-state index in [4.69, 9.17) is 0 Å². The third-order valence-electron chi connectivity index (χ3n) is 4.25. The van der Waals surface area contributed by atoms with Crippen molar-refractivity contribution in [1.82, 2.24) is 14.9 Å². The minimum absolute atomic E-state index is 0.529. The Labute approximate surface area is 121 Å². The second-order valence-electron chi connectivity index (χ2n) is 5.54. The molecule has 0 bridgehead atoms. The zero-order valence-corrected chi connectivity index (χ0v) is 12.1. The number of rotatable bonds is 4. The normalized spacial score (nSPS) is 22.9. The van der Waals surface area contributed by atoms with Crippen LogP contribution in [0.15, 0.2) is 42.7 Å². The van der Waals surface area contributed by atoms with E-state index in [2.05, 4.69) is 58.3 Å². The van der Waals surface area contributed by atoms with E-state index in [1.165, 1.54) is 31.2 Å². The summed E-state index contributed by atoms with van der Waals surface area (Å²) in [5.41, 5.74) is 1.21. The molecule has 1 N–H and O–H groups in total. The van der Waals surface area contributed by atoms with Gasteiger partial charge in [0.25, 0.3) is 0 Å². The lowest BCUT2D eigenvalue weighted by Gasteiger charge is -2.34. The van der Waals surface area contributed by atoms with Crippen molar-refractivity contribution in [2.24, 2.45) is 0 Å². The molecule has 1 saturated carbocycles. The van der Waals surface area contributed by atoms with E-state index >= 15 is 0 Å². The van der Waals surface area contributed by atoms with Crippen molar-refractivity contribution in [3.05, 3.63) is 42.7 Å². The standard InChI is InChI=1S/C17H23N3/c1-2-18-15-10-6-7-11-16(15)20-13-12-19-17(20)14-8-4-3-5-9-14/h3-5,8-9,12-13,15-16,18H,2,6-7,10-11H2,1H3. The number of hydrogen-bond donors (Lipinski definition) is 1. The summed E-state index contributed by atoms with van der Waals surface area (Å²) in [6, 6.07) is 11.6. The minimum atomic E-state index is 0.529. The van der Waals surface area contributed by atoms with E-state index in [1.807, 2.05) is 6.20 Å². The van der Waals surface area contributed by atoms with Crippen molar-refractivity contribution in [3.8, 4) is 11.4 Å². The van der Waals surface area contributed by atoms with Crippen LogP contribution in [0.3, 0.4) is 0 Å². The van der Waals surface area contributed by atoms with Crippen LogP contribution in [-0.2, 0) is 0 Å². The summed E-state index contributed by atoms with van der Waals surface area (Å²) in [7, 11) is 0. The highest BCUT2D eigenvalue weighted by Gasteiger charge is 2.27. The Hall–Kier alpha value is -1.61. The topological polar surface area (TPSA) is 29.9 Å². The van der Waals surface area contributed by atoms with Gasteiger partial charge in [-0.1, -0.05) is 50.1 Å². The van der Waals surface area contributed by atoms with E-state index in [1.54, 1.807) is 0 Å². The number of aromatic nitrogens is 2. The van der Waals surface area contributed by atoms with Gasteiger partial charge in [-0.15, -0.1) is 0 Å². The van der Waals surface area contributed by atoms with Crippen molar-refractivity contribution in [2.45, 2.75) is 44.7 Å². The van der Waals surface area contributed by atoms with Crippen molar-refractivity contribution < 1.29 is 0 Å². The molecule has 0 amide bonds. The lowest BCUT2D eigenvalue weighted by atomic mass is 9.90. The number of nitrogens with zero attached hydrogens (tertiary/aromatic N) is 2. The summed E-state index contributed by atoms with van der Waals surface area (Å²) in [4.78, 5) is 4.59. The third-order valence-corrected chi connectivity index (χ3v) is 4.25. The summed E-state index contributed by atoms with van der Waals surface area (Å²) < 4.78 is 2.38. The Bertz CT molecular complexity index is 530. The maximum absolute atomic E-state index is 4.59. The molecule has 3 nitrogen and oxygen atoms in total. The Morgan fingerprint density at radius 1 is 1.20 bits per heavy atom. The molecule has 0 saturated heterocycles. The minimum Gasteiger partial charge on any atom is -0.326 e. The van der Waals surface area contributed by atoms with Gasteiger partial charge in [-0.05, 0) is 19.4 Å². The number of nitrogens with one attached hydrogen (secondary N) is 1. The second-order valence-corrected chi connectivity index (χ2v) is 5.54. The van der Waals surface area contributed by atoms with Crippen LogP contribution in [0.2, 0.25) is 0 Å². The molecular weight excluding hydrogens is 246 g/mol. The van der Waals surface area contributed by atoms with Crippen molar-refractivity contribution in [1.29, 1.82) is 0 Å². The predicted molar refractivity (Wildman–Crippen MR) is 82.6 cm³/mol. The van der Waals surface area contributed by atoms with Gasteiger partial charge in [0.2, 0.25) is 0 Å². The zero-order valence-electron chi connectivity index (χ0n) is 12.1. The molecular formula is C17H23N3. The van der Waals surface area contributed by atoms with E-state index < -0.39 is 0 Å². The lowest BCUT2D eigenvalue weighted by molar-refractivity contribution is 0.268. The largest absolute Gasteiger partial charge is 0.326 e. The van der Waals surface area contributed by atoms with Crippen LogP contribution < -0.4 is 5.32 Å². The molecule has 2 atom stereocenters. The van der Waals surface area contributed by atoms with Gasteiger partial charge >= 0.3 is 0 Å². The molecule has 1 aromatic heterocycles. The van der Waals surface area contributed by atoms with Gasteiger partial charge in [0.05, 0.1) is 6.04 Å². The molecule has 106 valence electrons. The number of hydrogen-bond acceptors (Lipinski definition) is 2. The molecule has 0 aliphatic heterocycles. The smallest absolute Gasteiger partial charge is 0.140 e. The van der Waals surface area contributed by atoms with Crippen LogP contribution in [0, 0.1) is 0 Å². The molecule has 2 unspecified atom stereocenters. The first-order chi connectivity index (χ1) is 9.90. The van der Waals surface area contributed by atoms with Gasteiger partial charge in [-0.25, -0.2) is 4.98 Å². The lowest BCUT2D eigenvalue weighted by Crippen LogP contribution is -2.39. The fourth-order valence-electron chi connectivity index (χ4n) is 3.34. The van der Waals surface area contributed by atoms with E-state index in [-0.39, 0.29) is 0 Å². The number of imidazole rings is 1. The number of likely N-dealkylation sites (N-methyl/N-ethyl adjacent to an activating group) is 1. The van der Waals surface area contributed by atoms with Crippen molar-refractivity contribution in [2.75, 3.05) is 6.54 Å². The maximum atomic E-state index is 4.59. The highest BCUT2D eigenvalue weighted by molar-refractivity contribution is 5.55. The summed E-state index contributed by atoms with van der Waals surface area (Å²) in [5, 5.41) is 3.65. The Morgan fingerprint density at radius 3 is 2.80 bits per heavy atom. The van der Waals surface area contributed by atoms with Crippen LogP contribution in [-0.4, -0.2) is 22.1 Å². The predicted octanol–water partition coefficient (Wildman–Crippen LogP) is 3.64. The van der Waals surface area contributed by atoms with E-state index in [9.17, 15) is 0 Å². The van der Waals surface area contributed by atoms with Crippen LogP contribution in [0.1, 0.15) is 38.6 Å². The molecule has 1 aromatic carbocycles. The summed E-state index contributed by atoms with van der Waals surface area (Å²) in [6.07, 6.45) is 9.24. The molecule has 1 fully saturated rings. The quantitative estimate of drug-likeness (QED) is 0.918. The maximum Gasteiger partial charge on any atom is 0.140 e. The first-order valence-corrected chi connectivity index (χ1v) is 7.71. The Morgan fingerprint density at radius 2 is 2.00 bits per heavy atom. The molecule has 2 aromatic rings. The van der Waals surface area contributed by atoms with Gasteiger partial charge in [0.15, 0.2) is 0 Å². The second kappa shape index (κ2) is 6.23. The third kappa shape index (κ3) is 2.63. The molecule has 20 heavy (non-hydrogen) atoms. The summed E-state index contributed by atoms with van der Waals surface area (Å²) in [5.74, 6) is 1.10. The van der Waals surface area contributed by atoms with Crippen molar-refractivity contribution >= 4 is 0 Å². The molecule has 1 aliphatic carbocycles. The van der Waals surface area contributed by atoms with Gasteiger partial charge in [0, 0.05) is 24.0 Å². The molecule has 1 aliphatic rings. The van der Waals surface area contributed by atoms with Gasteiger partial charge < -0.3 is 9.88 Å². The van der Waals surface area contributed by atoms with Gasteiger partial charge in [-0.2, -0.15) is 0 Å². The molecule has 3 heteroatoms. The molecule has 1 heterocycles. The highest BCUT2D eigenvalue weighted by Crippen LogP contribution is 2.32. The molecule has 0 spiro atoms. The van der Waals surface area contributed by atoms with Crippen LogP contribution >= 0.6 is 0 Å². The Balaban J connectivity index is 1.92. The monoisotopic (exact) mass is 269 g/mol. The first kappa shape index (κ1) is 13.4. The average Bonchev–Trinajstić information content (AvgIpc) is 2.98.